The van der Waals surface area contributed by atoms with Gasteiger partial charge in [-0.1, -0.05) is 0 Å². The number of aromatic nitrogens is 1. The van der Waals surface area contributed by atoms with Crippen LogP contribution in [0, 0.1) is 18.3 Å². The van der Waals surface area contributed by atoms with Crippen LogP contribution < -0.4 is 3.78 Å². The average molecular weight is 397 g/mol. The molecule has 1 heterocycles. The first kappa shape index (κ1) is 18.5. The summed E-state index contributed by atoms with van der Waals surface area (Å²) in [5, 5.41) is 9.43. The topological polar surface area (TPSA) is 49.8 Å². The molecule has 0 atom stereocenters. The number of hydrogen-bond donors (Lipinski definition) is 0. The molecule has 0 aromatic carbocycles. The van der Waals surface area contributed by atoms with E-state index < -0.39 is 18.4 Å². The first-order chi connectivity index (χ1) is 10.1. The third-order valence-corrected chi connectivity index (χ3v) is 19.3. The van der Waals surface area contributed by atoms with Crippen molar-refractivity contribution in [1.82, 2.24) is 4.98 Å². The summed E-state index contributed by atoms with van der Waals surface area (Å²) in [6.45, 7) is 8.65. The van der Waals surface area contributed by atoms with Gasteiger partial charge >= 0.3 is 134 Å². The van der Waals surface area contributed by atoms with Crippen molar-refractivity contribution < 1.29 is 4.42 Å². The molecule has 0 fully saturated rings. The Morgan fingerprint density at radius 1 is 1.00 bits per heavy atom. The van der Waals surface area contributed by atoms with E-state index in [1.54, 1.807) is 0 Å². The molecule has 3 nitrogen and oxygen atoms in total. The molecular weight excluding hydrogens is 367 g/mol. The van der Waals surface area contributed by atoms with Gasteiger partial charge in [-0.25, -0.2) is 0 Å². The van der Waals surface area contributed by atoms with E-state index in [0.29, 0.717) is 11.6 Å². The fourth-order valence-electron chi connectivity index (χ4n) is 3.12. The molecule has 0 radical (unpaired) electrons. The standard InChI is InChI=1S/C5H3N2O.3C4H9.Sn/c1-4-7-5(2-6)3-8-4;3*1-3-4-2;/h1H3;3*1,3-4H2,2H3;. The Labute approximate surface area is 134 Å². The second kappa shape index (κ2) is 9.50. The Morgan fingerprint density at radius 3 is 1.86 bits per heavy atom. The van der Waals surface area contributed by atoms with Crippen LogP contribution in [0.15, 0.2) is 4.42 Å². The van der Waals surface area contributed by atoms with Crippen LogP contribution in [0.2, 0.25) is 13.3 Å². The molecule has 0 N–H and O–H groups in total. The van der Waals surface area contributed by atoms with Gasteiger partial charge in [0.05, 0.1) is 0 Å². The third-order valence-electron chi connectivity index (χ3n) is 4.35. The van der Waals surface area contributed by atoms with Gasteiger partial charge in [-0.05, 0) is 0 Å². The van der Waals surface area contributed by atoms with E-state index in [2.05, 4.69) is 31.8 Å². The minimum absolute atomic E-state index is 0.603. The molecule has 21 heavy (non-hydrogen) atoms. The van der Waals surface area contributed by atoms with E-state index in [4.69, 9.17) is 4.42 Å². The number of nitriles is 1. The molecule has 1 rings (SSSR count). The van der Waals surface area contributed by atoms with Crippen LogP contribution in [0.3, 0.4) is 0 Å². The normalized spacial score (nSPS) is 11.6. The summed E-state index contributed by atoms with van der Waals surface area (Å²) < 4.78 is 11.0. The minimum atomic E-state index is -2.62. The van der Waals surface area contributed by atoms with Crippen molar-refractivity contribution in [2.75, 3.05) is 0 Å². The summed E-state index contributed by atoms with van der Waals surface area (Å²) in [5.41, 5.74) is 0.603. The Balaban J connectivity index is 3.19. The molecule has 0 saturated heterocycles. The fraction of sp³-hybridized carbons (Fsp3) is 0.765. The van der Waals surface area contributed by atoms with Gasteiger partial charge in [-0.2, -0.15) is 0 Å². The van der Waals surface area contributed by atoms with Crippen molar-refractivity contribution in [3.63, 3.8) is 0 Å². The van der Waals surface area contributed by atoms with E-state index in [1.807, 2.05) is 6.92 Å². The molecule has 0 saturated carbocycles. The quantitative estimate of drug-likeness (QED) is 0.528. The number of aryl methyl sites for hydroxylation is 1. The Bertz CT molecular complexity index is 440. The van der Waals surface area contributed by atoms with E-state index in [1.165, 1.54) is 51.8 Å². The first-order valence-electron chi connectivity index (χ1n) is 8.51. The molecule has 4 heteroatoms. The van der Waals surface area contributed by atoms with Gasteiger partial charge in [0.15, 0.2) is 0 Å². The maximum atomic E-state index is 9.43. The predicted molar refractivity (Wildman–Crippen MR) is 90.5 cm³/mol. The van der Waals surface area contributed by atoms with Crippen molar-refractivity contribution in [3.05, 3.63) is 11.6 Å². The molecule has 0 spiro atoms. The molecule has 0 aliphatic rings. The van der Waals surface area contributed by atoms with E-state index in [-0.39, 0.29) is 0 Å². The monoisotopic (exact) mass is 398 g/mol. The van der Waals surface area contributed by atoms with Gasteiger partial charge in [0.1, 0.15) is 0 Å². The molecule has 0 aliphatic carbocycles. The maximum absolute atomic E-state index is 9.43. The van der Waals surface area contributed by atoms with Gasteiger partial charge < -0.3 is 0 Å². The molecule has 0 amide bonds. The molecule has 1 aromatic rings. The number of oxazole rings is 1. The summed E-state index contributed by atoms with van der Waals surface area (Å²) in [6.07, 6.45) is 7.50. The Kier molecular flexibility index (Phi) is 8.39. The molecular formula is C17H30N2OSn. The van der Waals surface area contributed by atoms with Crippen LogP contribution in [-0.2, 0) is 0 Å². The van der Waals surface area contributed by atoms with Crippen molar-refractivity contribution >= 4 is 22.2 Å². The SMILES string of the molecule is CCC[CH2][Sn]([CH2]CCC)([CH2]CCC)[c]1oc(C)nc1C#N. The van der Waals surface area contributed by atoms with Crippen LogP contribution in [0.25, 0.3) is 0 Å². The van der Waals surface area contributed by atoms with Crippen molar-refractivity contribution in [2.45, 2.75) is 79.5 Å². The number of rotatable bonds is 10. The average Bonchev–Trinajstić information content (AvgIpc) is 2.88. The number of hydrogen-bond acceptors (Lipinski definition) is 3. The number of unbranched alkanes of at least 4 members (excludes halogenated alkanes) is 3. The van der Waals surface area contributed by atoms with Gasteiger partial charge in [0.25, 0.3) is 0 Å². The predicted octanol–water partition coefficient (Wildman–Crippen LogP) is 4.91. The van der Waals surface area contributed by atoms with Crippen LogP contribution in [0.4, 0.5) is 0 Å². The van der Waals surface area contributed by atoms with E-state index in [0.717, 1.165) is 3.78 Å². The van der Waals surface area contributed by atoms with Crippen LogP contribution in [0.5, 0.6) is 0 Å². The fourth-order valence-corrected chi connectivity index (χ4v) is 18.8. The Hall–Kier alpha value is -0.501. The van der Waals surface area contributed by atoms with E-state index in [9.17, 15) is 5.26 Å². The van der Waals surface area contributed by atoms with Crippen LogP contribution >= 0.6 is 0 Å². The summed E-state index contributed by atoms with van der Waals surface area (Å²) in [5.74, 6) is 0.673. The van der Waals surface area contributed by atoms with Crippen molar-refractivity contribution in [1.29, 1.82) is 5.26 Å². The zero-order chi connectivity index (χ0) is 15.7. The zero-order valence-corrected chi connectivity index (χ0v) is 17.0. The second-order valence-corrected chi connectivity index (χ2v) is 19.0. The summed E-state index contributed by atoms with van der Waals surface area (Å²) in [6, 6.07) is 2.30. The summed E-state index contributed by atoms with van der Waals surface area (Å²) in [7, 11) is 0. The summed E-state index contributed by atoms with van der Waals surface area (Å²) in [4.78, 5) is 4.34. The molecule has 1 aromatic heterocycles. The number of nitrogens with zero attached hydrogens (tertiary/aromatic N) is 2. The molecule has 118 valence electrons. The van der Waals surface area contributed by atoms with Gasteiger partial charge in [0, 0.05) is 0 Å². The van der Waals surface area contributed by atoms with Gasteiger partial charge in [0.2, 0.25) is 0 Å². The van der Waals surface area contributed by atoms with Crippen LogP contribution in [-0.4, -0.2) is 23.4 Å². The summed E-state index contributed by atoms with van der Waals surface area (Å²) >= 11 is -2.62. The zero-order valence-electron chi connectivity index (χ0n) is 14.2. The van der Waals surface area contributed by atoms with Gasteiger partial charge in [-0.15, -0.1) is 0 Å². The van der Waals surface area contributed by atoms with E-state index >= 15 is 0 Å². The third kappa shape index (κ3) is 5.02. The second-order valence-electron chi connectivity index (χ2n) is 6.11. The Morgan fingerprint density at radius 2 is 1.48 bits per heavy atom. The van der Waals surface area contributed by atoms with Crippen molar-refractivity contribution in [3.8, 4) is 6.07 Å². The molecule has 0 unspecified atom stereocenters. The van der Waals surface area contributed by atoms with Crippen molar-refractivity contribution in [2.24, 2.45) is 0 Å². The van der Waals surface area contributed by atoms with Gasteiger partial charge in [-0.3, -0.25) is 0 Å². The molecule has 0 aliphatic heterocycles. The molecule has 0 bridgehead atoms. The van der Waals surface area contributed by atoms with Crippen LogP contribution in [0.1, 0.15) is 70.9 Å². The first-order valence-corrected chi connectivity index (χ1v) is 16.0.